The van der Waals surface area contributed by atoms with Crippen LogP contribution in [0.2, 0.25) is 0 Å². The lowest BCUT2D eigenvalue weighted by Crippen LogP contribution is -2.22. The molecule has 0 bridgehead atoms. The standard InChI is InChI=1S/C10H13N3O2/c1-7-5-8-9(12-7)11-6-13(10(8)14)3-4-15-2/h5-6,12H,3-4H2,1-2H3. The minimum Gasteiger partial charge on any atom is -0.383 e. The van der Waals surface area contributed by atoms with Gasteiger partial charge in [-0.15, -0.1) is 0 Å². The molecule has 2 aromatic heterocycles. The van der Waals surface area contributed by atoms with Crippen molar-refractivity contribution in [2.45, 2.75) is 13.5 Å². The molecule has 2 aromatic rings. The van der Waals surface area contributed by atoms with Crippen LogP contribution in [0.25, 0.3) is 11.0 Å². The molecule has 0 atom stereocenters. The molecule has 0 saturated carbocycles. The lowest BCUT2D eigenvalue weighted by molar-refractivity contribution is 0.186. The first-order valence-corrected chi connectivity index (χ1v) is 4.76. The SMILES string of the molecule is COCCn1cnc2[nH]c(C)cc2c1=O. The fourth-order valence-electron chi connectivity index (χ4n) is 1.52. The molecule has 0 saturated heterocycles. The Balaban J connectivity index is 2.50. The van der Waals surface area contributed by atoms with Crippen molar-refractivity contribution in [3.63, 3.8) is 0 Å². The molecule has 5 nitrogen and oxygen atoms in total. The summed E-state index contributed by atoms with van der Waals surface area (Å²) in [5.41, 5.74) is 1.56. The predicted octanol–water partition coefficient (Wildman–Crippen LogP) is 0.679. The summed E-state index contributed by atoms with van der Waals surface area (Å²) in [5.74, 6) is 0. The van der Waals surface area contributed by atoms with Crippen molar-refractivity contribution in [2.24, 2.45) is 0 Å². The van der Waals surface area contributed by atoms with Gasteiger partial charge in [-0.05, 0) is 13.0 Å². The number of nitrogens with one attached hydrogen (secondary N) is 1. The summed E-state index contributed by atoms with van der Waals surface area (Å²) in [4.78, 5) is 19.1. The molecule has 5 heteroatoms. The van der Waals surface area contributed by atoms with Gasteiger partial charge >= 0.3 is 0 Å². The summed E-state index contributed by atoms with van der Waals surface area (Å²) in [7, 11) is 1.61. The molecule has 0 aliphatic rings. The van der Waals surface area contributed by atoms with Gasteiger partial charge in [0, 0.05) is 12.8 Å². The zero-order valence-corrected chi connectivity index (χ0v) is 8.78. The van der Waals surface area contributed by atoms with Gasteiger partial charge in [-0.1, -0.05) is 0 Å². The minimum absolute atomic E-state index is 0.0265. The fraction of sp³-hybridized carbons (Fsp3) is 0.400. The summed E-state index contributed by atoms with van der Waals surface area (Å²) >= 11 is 0. The highest BCUT2D eigenvalue weighted by molar-refractivity contribution is 5.74. The number of rotatable bonds is 3. The lowest BCUT2D eigenvalue weighted by atomic mass is 10.4. The Morgan fingerprint density at radius 1 is 1.60 bits per heavy atom. The topological polar surface area (TPSA) is 59.9 Å². The van der Waals surface area contributed by atoms with Gasteiger partial charge in [0.2, 0.25) is 0 Å². The van der Waals surface area contributed by atoms with Gasteiger partial charge in [0.05, 0.1) is 24.9 Å². The normalized spacial score (nSPS) is 11.1. The smallest absolute Gasteiger partial charge is 0.262 e. The van der Waals surface area contributed by atoms with Gasteiger partial charge in [0.1, 0.15) is 5.65 Å². The maximum atomic E-state index is 11.9. The van der Waals surface area contributed by atoms with E-state index in [0.717, 1.165) is 5.69 Å². The van der Waals surface area contributed by atoms with Crippen molar-refractivity contribution >= 4 is 11.0 Å². The Hall–Kier alpha value is -1.62. The second kappa shape index (κ2) is 3.86. The molecular formula is C10H13N3O2. The molecule has 1 N–H and O–H groups in total. The zero-order chi connectivity index (χ0) is 10.8. The number of aromatic amines is 1. The molecule has 0 radical (unpaired) electrons. The molecule has 0 aliphatic heterocycles. The number of H-pyrrole nitrogens is 1. The van der Waals surface area contributed by atoms with Gasteiger partial charge in [-0.3, -0.25) is 9.36 Å². The van der Waals surface area contributed by atoms with E-state index in [-0.39, 0.29) is 5.56 Å². The Bertz CT molecular complexity index is 527. The van der Waals surface area contributed by atoms with Crippen LogP contribution < -0.4 is 5.56 Å². The number of nitrogens with zero attached hydrogens (tertiary/aromatic N) is 2. The van der Waals surface area contributed by atoms with Gasteiger partial charge in [-0.25, -0.2) is 4.98 Å². The Labute approximate surface area is 86.7 Å². The molecule has 0 amide bonds. The van der Waals surface area contributed by atoms with E-state index in [9.17, 15) is 4.79 Å². The van der Waals surface area contributed by atoms with Crippen molar-refractivity contribution in [2.75, 3.05) is 13.7 Å². The molecule has 0 unspecified atom stereocenters. The van der Waals surface area contributed by atoms with Crippen molar-refractivity contribution < 1.29 is 4.74 Å². The van der Waals surface area contributed by atoms with Gasteiger partial charge in [-0.2, -0.15) is 0 Å². The summed E-state index contributed by atoms with van der Waals surface area (Å²) in [5, 5.41) is 0.631. The number of aryl methyl sites for hydroxylation is 1. The quantitative estimate of drug-likeness (QED) is 0.805. The maximum absolute atomic E-state index is 11.9. The van der Waals surface area contributed by atoms with E-state index in [2.05, 4.69) is 9.97 Å². The zero-order valence-electron chi connectivity index (χ0n) is 8.78. The van der Waals surface area contributed by atoms with Gasteiger partial charge in [0.15, 0.2) is 0 Å². The molecule has 2 heterocycles. The summed E-state index contributed by atoms with van der Waals surface area (Å²) in [6.45, 7) is 2.94. The molecule has 0 fully saturated rings. The van der Waals surface area contributed by atoms with Gasteiger partial charge in [0.25, 0.3) is 5.56 Å². The first-order chi connectivity index (χ1) is 7.22. The van der Waals surface area contributed by atoms with E-state index >= 15 is 0 Å². The van der Waals surface area contributed by atoms with Crippen LogP contribution in [0.1, 0.15) is 5.69 Å². The summed E-state index contributed by atoms with van der Waals surface area (Å²) in [6, 6.07) is 1.81. The van der Waals surface area contributed by atoms with E-state index in [1.807, 2.05) is 13.0 Å². The first-order valence-electron chi connectivity index (χ1n) is 4.76. The van der Waals surface area contributed by atoms with Gasteiger partial charge < -0.3 is 9.72 Å². The van der Waals surface area contributed by atoms with Crippen LogP contribution in [-0.4, -0.2) is 28.3 Å². The molecular weight excluding hydrogens is 194 g/mol. The highest BCUT2D eigenvalue weighted by atomic mass is 16.5. The van der Waals surface area contributed by atoms with Crippen LogP contribution in [0.4, 0.5) is 0 Å². The van der Waals surface area contributed by atoms with E-state index in [1.165, 1.54) is 0 Å². The second-order valence-electron chi connectivity index (χ2n) is 3.45. The third kappa shape index (κ3) is 1.78. The molecule has 0 aliphatic carbocycles. The first kappa shape index (κ1) is 9.92. The minimum atomic E-state index is -0.0265. The van der Waals surface area contributed by atoms with Crippen LogP contribution >= 0.6 is 0 Å². The summed E-state index contributed by atoms with van der Waals surface area (Å²) < 4.78 is 6.48. The number of methoxy groups -OCH3 is 1. The Morgan fingerprint density at radius 2 is 2.40 bits per heavy atom. The van der Waals surface area contributed by atoms with Crippen LogP contribution in [0.15, 0.2) is 17.2 Å². The lowest BCUT2D eigenvalue weighted by Gasteiger charge is -2.03. The summed E-state index contributed by atoms with van der Waals surface area (Å²) in [6.07, 6.45) is 1.54. The predicted molar refractivity (Wildman–Crippen MR) is 57.0 cm³/mol. The molecule has 0 spiro atoms. The van der Waals surface area contributed by atoms with Crippen molar-refractivity contribution in [1.82, 2.24) is 14.5 Å². The van der Waals surface area contributed by atoms with Crippen molar-refractivity contribution in [1.29, 1.82) is 0 Å². The van der Waals surface area contributed by atoms with Crippen LogP contribution in [0.3, 0.4) is 0 Å². The number of aromatic nitrogens is 3. The number of ether oxygens (including phenoxy) is 1. The Kier molecular flexibility index (Phi) is 2.55. The Morgan fingerprint density at radius 3 is 3.13 bits per heavy atom. The van der Waals surface area contributed by atoms with Crippen LogP contribution in [0.5, 0.6) is 0 Å². The maximum Gasteiger partial charge on any atom is 0.262 e. The van der Waals surface area contributed by atoms with E-state index < -0.39 is 0 Å². The molecule has 2 rings (SSSR count). The van der Waals surface area contributed by atoms with E-state index in [1.54, 1.807) is 18.0 Å². The van der Waals surface area contributed by atoms with Crippen molar-refractivity contribution in [3.8, 4) is 0 Å². The fourth-order valence-corrected chi connectivity index (χ4v) is 1.52. The largest absolute Gasteiger partial charge is 0.383 e. The third-order valence-electron chi connectivity index (χ3n) is 2.29. The number of fused-ring (bicyclic) bond motifs is 1. The molecule has 0 aromatic carbocycles. The van der Waals surface area contributed by atoms with Crippen LogP contribution in [-0.2, 0) is 11.3 Å². The highest BCUT2D eigenvalue weighted by Gasteiger charge is 2.05. The number of hydrogen-bond acceptors (Lipinski definition) is 3. The van der Waals surface area contributed by atoms with Crippen molar-refractivity contribution in [3.05, 3.63) is 28.4 Å². The third-order valence-corrected chi connectivity index (χ3v) is 2.29. The monoisotopic (exact) mass is 207 g/mol. The van der Waals surface area contributed by atoms with E-state index in [4.69, 9.17) is 4.74 Å². The van der Waals surface area contributed by atoms with Crippen LogP contribution in [0, 0.1) is 6.92 Å². The second-order valence-corrected chi connectivity index (χ2v) is 3.45. The average Bonchev–Trinajstić information content (AvgIpc) is 2.59. The highest BCUT2D eigenvalue weighted by Crippen LogP contribution is 2.06. The average molecular weight is 207 g/mol. The molecule has 15 heavy (non-hydrogen) atoms. The molecule has 80 valence electrons. The van der Waals surface area contributed by atoms with E-state index in [0.29, 0.717) is 24.2 Å². The number of hydrogen-bond donors (Lipinski definition) is 1.